The van der Waals surface area contributed by atoms with Gasteiger partial charge in [0.2, 0.25) is 11.4 Å². The van der Waals surface area contributed by atoms with Gasteiger partial charge in [-0.1, -0.05) is 36.4 Å². The number of anilines is 2. The lowest BCUT2D eigenvalue weighted by atomic mass is 10.1. The molecule has 2 aromatic carbocycles. The molecule has 0 aliphatic carbocycles. The van der Waals surface area contributed by atoms with E-state index >= 15 is 0 Å². The molecule has 29 heavy (non-hydrogen) atoms. The summed E-state index contributed by atoms with van der Waals surface area (Å²) >= 11 is 0. The first-order valence-electron chi connectivity index (χ1n) is 8.64. The second-order valence-corrected chi connectivity index (χ2v) is 6.45. The summed E-state index contributed by atoms with van der Waals surface area (Å²) in [4.78, 5) is 37.1. The zero-order chi connectivity index (χ0) is 21.3. The van der Waals surface area contributed by atoms with Crippen molar-refractivity contribution in [1.29, 1.82) is 0 Å². The van der Waals surface area contributed by atoms with Crippen molar-refractivity contribution in [2.24, 2.45) is 7.05 Å². The number of rotatable bonds is 5. The second-order valence-electron chi connectivity index (χ2n) is 6.45. The fraction of sp³-hybridized carbons (Fsp3) is 0.150. The van der Waals surface area contributed by atoms with Crippen LogP contribution in [0.25, 0.3) is 0 Å². The Morgan fingerprint density at radius 2 is 1.52 bits per heavy atom. The van der Waals surface area contributed by atoms with Crippen LogP contribution in [-0.4, -0.2) is 31.7 Å². The van der Waals surface area contributed by atoms with Crippen LogP contribution in [0, 0.1) is 24.0 Å². The number of amides is 1. The molecule has 148 valence electrons. The van der Waals surface area contributed by atoms with E-state index in [9.17, 15) is 24.8 Å². The number of hydrogen-bond donors (Lipinski definition) is 1. The Morgan fingerprint density at radius 1 is 1.03 bits per heavy atom. The van der Waals surface area contributed by atoms with Crippen LogP contribution in [-0.2, 0) is 7.05 Å². The summed E-state index contributed by atoms with van der Waals surface area (Å²) < 4.78 is 0.835. The van der Waals surface area contributed by atoms with E-state index in [2.05, 4.69) is 5.10 Å². The van der Waals surface area contributed by atoms with Crippen LogP contribution in [0.1, 0.15) is 32.1 Å². The van der Waals surface area contributed by atoms with Crippen molar-refractivity contribution in [2.45, 2.75) is 13.8 Å². The molecule has 0 saturated heterocycles. The van der Waals surface area contributed by atoms with Gasteiger partial charge in [0.1, 0.15) is 0 Å². The van der Waals surface area contributed by atoms with Gasteiger partial charge in [0, 0.05) is 7.05 Å². The van der Waals surface area contributed by atoms with Crippen LogP contribution in [0.3, 0.4) is 0 Å². The molecule has 1 N–H and O–H groups in total. The number of carboxylic acids is 1. The first kappa shape index (κ1) is 19.7. The normalized spacial score (nSPS) is 10.6. The minimum absolute atomic E-state index is 0.517. The molecule has 3 rings (SSSR count). The summed E-state index contributed by atoms with van der Waals surface area (Å²) in [5.41, 5.74) is 0.529. The van der Waals surface area contributed by atoms with Crippen molar-refractivity contribution >= 4 is 28.9 Å². The highest BCUT2D eigenvalue weighted by Gasteiger charge is 2.38. The van der Waals surface area contributed by atoms with Gasteiger partial charge in [-0.25, -0.2) is 4.79 Å². The Labute approximate surface area is 166 Å². The monoisotopic (exact) mass is 394 g/mol. The van der Waals surface area contributed by atoms with Crippen molar-refractivity contribution in [3.63, 3.8) is 0 Å². The van der Waals surface area contributed by atoms with Crippen LogP contribution >= 0.6 is 0 Å². The molecule has 3 aromatic rings. The summed E-state index contributed by atoms with van der Waals surface area (Å²) in [6.45, 7) is 3.62. The highest BCUT2D eigenvalue weighted by Crippen LogP contribution is 2.34. The number of carbonyl (C=O) groups is 2. The van der Waals surface area contributed by atoms with Crippen LogP contribution in [0.15, 0.2) is 48.5 Å². The Hall–Kier alpha value is -4.01. The lowest BCUT2D eigenvalue weighted by Gasteiger charge is -2.25. The summed E-state index contributed by atoms with van der Waals surface area (Å²) in [7, 11) is 1.25. The molecule has 0 fully saturated rings. The van der Waals surface area contributed by atoms with Gasteiger partial charge in [-0.15, -0.1) is 0 Å². The van der Waals surface area contributed by atoms with Gasteiger partial charge in [-0.05, 0) is 37.1 Å². The van der Waals surface area contributed by atoms with Crippen molar-refractivity contribution < 1.29 is 19.6 Å². The standard InChI is InChI=1S/C20H18N4O5/c1-12-8-4-6-10-14(12)23(15-11-7-5-9-13(15)2)19(25)16-17(24(28)29)18(20(26)27)22(3)21-16/h4-11H,1-3H3,(H,26,27). The van der Waals surface area contributed by atoms with E-state index in [-0.39, 0.29) is 0 Å². The maximum atomic E-state index is 13.5. The maximum absolute atomic E-state index is 13.5. The number of carboxylic acid groups (broad SMARTS) is 1. The number of nitrogens with zero attached hydrogens (tertiary/aromatic N) is 4. The number of aromatic carboxylic acids is 1. The van der Waals surface area contributed by atoms with Gasteiger partial charge in [0.25, 0.3) is 5.91 Å². The Morgan fingerprint density at radius 3 is 1.93 bits per heavy atom. The van der Waals surface area contributed by atoms with E-state index in [4.69, 9.17) is 0 Å². The van der Waals surface area contributed by atoms with Crippen LogP contribution in [0.2, 0.25) is 0 Å². The van der Waals surface area contributed by atoms with Crippen molar-refractivity contribution in [2.75, 3.05) is 4.90 Å². The van der Waals surface area contributed by atoms with Crippen molar-refractivity contribution in [3.8, 4) is 0 Å². The third-order valence-electron chi connectivity index (χ3n) is 4.53. The molecule has 9 heteroatoms. The number of benzene rings is 2. The molecule has 9 nitrogen and oxygen atoms in total. The van der Waals surface area contributed by atoms with E-state index in [1.165, 1.54) is 11.9 Å². The average Bonchev–Trinajstić information content (AvgIpc) is 3.02. The fourth-order valence-electron chi connectivity index (χ4n) is 3.15. The van der Waals surface area contributed by atoms with Gasteiger partial charge in [-0.2, -0.15) is 5.10 Å². The van der Waals surface area contributed by atoms with E-state index < -0.39 is 33.9 Å². The summed E-state index contributed by atoms with van der Waals surface area (Å²) in [5, 5.41) is 24.9. The molecule has 0 atom stereocenters. The van der Waals surface area contributed by atoms with Crippen molar-refractivity contribution in [1.82, 2.24) is 9.78 Å². The first-order chi connectivity index (χ1) is 13.7. The van der Waals surface area contributed by atoms with E-state index in [0.717, 1.165) is 15.8 Å². The Kier molecular flexibility index (Phi) is 5.14. The molecule has 0 bridgehead atoms. The first-order valence-corrected chi connectivity index (χ1v) is 8.64. The lowest BCUT2D eigenvalue weighted by molar-refractivity contribution is -0.385. The molecular weight excluding hydrogens is 376 g/mol. The number of aromatic nitrogens is 2. The third-order valence-corrected chi connectivity index (χ3v) is 4.53. The van der Waals surface area contributed by atoms with Gasteiger partial charge in [0.15, 0.2) is 0 Å². The zero-order valence-corrected chi connectivity index (χ0v) is 16.0. The number of para-hydroxylation sites is 2. The minimum Gasteiger partial charge on any atom is -0.476 e. The predicted molar refractivity (Wildman–Crippen MR) is 106 cm³/mol. The quantitative estimate of drug-likeness (QED) is 0.521. The summed E-state index contributed by atoms with van der Waals surface area (Å²) in [6.07, 6.45) is 0. The molecule has 1 heterocycles. The van der Waals surface area contributed by atoms with E-state index in [0.29, 0.717) is 11.4 Å². The van der Waals surface area contributed by atoms with Crippen molar-refractivity contribution in [3.05, 3.63) is 81.2 Å². The molecule has 0 saturated carbocycles. The molecule has 1 aromatic heterocycles. The maximum Gasteiger partial charge on any atom is 0.361 e. The van der Waals surface area contributed by atoms with E-state index in [1.807, 2.05) is 38.1 Å². The summed E-state index contributed by atoms with van der Waals surface area (Å²) in [5.74, 6) is -2.33. The molecule has 0 aliphatic rings. The smallest absolute Gasteiger partial charge is 0.361 e. The number of carbonyl (C=O) groups excluding carboxylic acids is 1. The zero-order valence-electron chi connectivity index (χ0n) is 16.0. The second kappa shape index (κ2) is 7.55. The van der Waals surface area contributed by atoms with Crippen LogP contribution < -0.4 is 4.90 Å². The predicted octanol–water partition coefficient (Wildman–Crippen LogP) is 3.62. The highest BCUT2D eigenvalue weighted by atomic mass is 16.6. The highest BCUT2D eigenvalue weighted by molar-refractivity contribution is 6.14. The van der Waals surface area contributed by atoms with Crippen LogP contribution in [0.5, 0.6) is 0 Å². The topological polar surface area (TPSA) is 119 Å². The Balaban J connectivity index is 2.29. The lowest BCUT2D eigenvalue weighted by Crippen LogP contribution is -2.28. The van der Waals surface area contributed by atoms with Crippen LogP contribution in [0.4, 0.5) is 17.1 Å². The molecule has 0 unspecified atom stereocenters. The number of nitro groups is 1. The number of aryl methyl sites for hydroxylation is 3. The molecule has 0 aliphatic heterocycles. The fourth-order valence-corrected chi connectivity index (χ4v) is 3.15. The molecule has 0 radical (unpaired) electrons. The third kappa shape index (κ3) is 3.45. The minimum atomic E-state index is -1.54. The van der Waals surface area contributed by atoms with Gasteiger partial charge in [-0.3, -0.25) is 24.5 Å². The van der Waals surface area contributed by atoms with E-state index in [1.54, 1.807) is 24.3 Å². The molecule has 0 spiro atoms. The van der Waals surface area contributed by atoms with Gasteiger partial charge >= 0.3 is 11.7 Å². The largest absolute Gasteiger partial charge is 0.476 e. The Bertz CT molecular complexity index is 1090. The summed E-state index contributed by atoms with van der Waals surface area (Å²) in [6, 6.07) is 14.2. The molecule has 1 amide bonds. The number of hydrogen-bond acceptors (Lipinski definition) is 5. The SMILES string of the molecule is Cc1ccccc1N(C(=O)c1nn(C)c(C(=O)O)c1[N+](=O)[O-])c1ccccc1C. The van der Waals surface area contributed by atoms with Gasteiger partial charge < -0.3 is 5.11 Å². The average molecular weight is 394 g/mol. The molecular formula is C20H18N4O5. The van der Waals surface area contributed by atoms with Gasteiger partial charge in [0.05, 0.1) is 16.3 Å².